The number of carbonyl (C=O) groups excluding carboxylic acids is 2. The zero-order valence-corrected chi connectivity index (χ0v) is 14.6. The minimum Gasteiger partial charge on any atom is -0.484 e. The molecule has 132 valence electrons. The fourth-order valence-corrected chi connectivity index (χ4v) is 4.11. The summed E-state index contributed by atoms with van der Waals surface area (Å²) < 4.78 is 23.1. The monoisotopic (exact) mass is 363 g/mol. The maximum atomic E-state index is 12.9. The van der Waals surface area contributed by atoms with Gasteiger partial charge >= 0.3 is 5.97 Å². The first kappa shape index (κ1) is 17.4. The number of anilines is 1. The molecule has 1 heterocycles. The van der Waals surface area contributed by atoms with Crippen molar-refractivity contribution < 1.29 is 23.5 Å². The summed E-state index contributed by atoms with van der Waals surface area (Å²) in [4.78, 5) is 25.4. The van der Waals surface area contributed by atoms with Gasteiger partial charge in [-0.2, -0.15) is 0 Å². The molecular formula is C18H18FNO4S. The highest BCUT2D eigenvalue weighted by atomic mass is 32.1. The van der Waals surface area contributed by atoms with E-state index in [9.17, 15) is 14.0 Å². The summed E-state index contributed by atoms with van der Waals surface area (Å²) in [5.41, 5.74) is 1.44. The number of methoxy groups -OCH3 is 1. The Morgan fingerprint density at radius 2 is 1.92 bits per heavy atom. The number of esters is 1. The van der Waals surface area contributed by atoms with E-state index in [1.807, 2.05) is 0 Å². The van der Waals surface area contributed by atoms with E-state index in [1.54, 1.807) is 0 Å². The van der Waals surface area contributed by atoms with Gasteiger partial charge in [-0.3, -0.25) is 4.79 Å². The highest BCUT2D eigenvalue weighted by Gasteiger charge is 2.26. The van der Waals surface area contributed by atoms with Gasteiger partial charge < -0.3 is 14.8 Å². The van der Waals surface area contributed by atoms with E-state index in [1.165, 1.54) is 42.7 Å². The molecule has 0 unspecified atom stereocenters. The molecule has 5 nitrogen and oxygen atoms in total. The van der Waals surface area contributed by atoms with E-state index >= 15 is 0 Å². The average molecular weight is 363 g/mol. The summed E-state index contributed by atoms with van der Waals surface area (Å²) >= 11 is 1.42. The Kier molecular flexibility index (Phi) is 5.33. The zero-order chi connectivity index (χ0) is 17.8. The highest BCUT2D eigenvalue weighted by molar-refractivity contribution is 7.17. The van der Waals surface area contributed by atoms with Crippen molar-refractivity contribution in [3.05, 3.63) is 46.1 Å². The van der Waals surface area contributed by atoms with Gasteiger partial charge in [-0.25, -0.2) is 9.18 Å². The van der Waals surface area contributed by atoms with E-state index in [-0.39, 0.29) is 18.3 Å². The molecule has 7 heteroatoms. The quantitative estimate of drug-likeness (QED) is 0.825. The van der Waals surface area contributed by atoms with Gasteiger partial charge in [0, 0.05) is 4.88 Å². The molecule has 0 radical (unpaired) electrons. The lowest BCUT2D eigenvalue weighted by molar-refractivity contribution is -0.118. The predicted octanol–water partition coefficient (Wildman–Crippen LogP) is 3.57. The van der Waals surface area contributed by atoms with Gasteiger partial charge in [0.25, 0.3) is 5.91 Å². The highest BCUT2D eigenvalue weighted by Crippen LogP contribution is 2.38. The van der Waals surface area contributed by atoms with Crippen molar-refractivity contribution in [3.8, 4) is 5.75 Å². The normalized spacial score (nSPS) is 13.0. The molecule has 1 amide bonds. The van der Waals surface area contributed by atoms with Crippen LogP contribution in [0.25, 0.3) is 0 Å². The van der Waals surface area contributed by atoms with E-state index in [2.05, 4.69) is 5.32 Å². The van der Waals surface area contributed by atoms with Crippen LogP contribution in [0.2, 0.25) is 0 Å². The van der Waals surface area contributed by atoms with Gasteiger partial charge in [-0.05, 0) is 55.5 Å². The Balaban J connectivity index is 1.71. The smallest absolute Gasteiger partial charge is 0.341 e. The lowest BCUT2D eigenvalue weighted by Crippen LogP contribution is -2.21. The Morgan fingerprint density at radius 1 is 1.20 bits per heavy atom. The second-order valence-electron chi connectivity index (χ2n) is 5.70. The summed E-state index contributed by atoms with van der Waals surface area (Å²) in [6.07, 6.45) is 3.83. The Hall–Kier alpha value is -2.41. The number of halogens is 1. The number of amides is 1. The number of rotatable bonds is 5. The number of hydrogen-bond donors (Lipinski definition) is 1. The molecule has 1 N–H and O–H groups in total. The molecule has 1 aromatic heterocycles. The van der Waals surface area contributed by atoms with Crippen LogP contribution >= 0.6 is 11.3 Å². The SMILES string of the molecule is COC(=O)c1c(NC(=O)COc2ccc(F)cc2)sc2c1CCCC2. The second kappa shape index (κ2) is 7.65. The van der Waals surface area contributed by atoms with Gasteiger partial charge in [0.15, 0.2) is 6.61 Å². The fraction of sp³-hybridized carbons (Fsp3) is 0.333. The first-order valence-electron chi connectivity index (χ1n) is 7.99. The molecule has 0 saturated heterocycles. The minimum absolute atomic E-state index is 0.227. The van der Waals surface area contributed by atoms with Crippen LogP contribution in [-0.4, -0.2) is 25.6 Å². The lowest BCUT2D eigenvalue weighted by Gasteiger charge is -2.11. The Morgan fingerprint density at radius 3 is 2.64 bits per heavy atom. The van der Waals surface area contributed by atoms with Gasteiger partial charge in [0.2, 0.25) is 0 Å². The predicted molar refractivity (Wildman–Crippen MR) is 92.8 cm³/mol. The van der Waals surface area contributed by atoms with Gasteiger partial charge in [-0.1, -0.05) is 0 Å². The summed E-state index contributed by atoms with van der Waals surface area (Å²) in [5, 5.41) is 3.25. The van der Waals surface area contributed by atoms with Crippen LogP contribution in [0.4, 0.5) is 9.39 Å². The molecule has 1 aromatic carbocycles. The minimum atomic E-state index is -0.436. The Bertz CT molecular complexity index is 785. The number of aryl methyl sites for hydroxylation is 1. The van der Waals surface area contributed by atoms with Crippen molar-refractivity contribution in [2.24, 2.45) is 0 Å². The van der Waals surface area contributed by atoms with Crippen LogP contribution in [0.15, 0.2) is 24.3 Å². The molecule has 1 aliphatic rings. The van der Waals surface area contributed by atoms with E-state index < -0.39 is 5.97 Å². The number of carbonyl (C=O) groups is 2. The molecule has 2 aromatic rings. The van der Waals surface area contributed by atoms with Crippen LogP contribution < -0.4 is 10.1 Å². The van der Waals surface area contributed by atoms with Gasteiger partial charge in [0.1, 0.15) is 16.6 Å². The molecule has 0 aliphatic heterocycles. The summed E-state index contributed by atoms with van der Waals surface area (Å²) in [7, 11) is 1.33. The van der Waals surface area contributed by atoms with E-state index in [0.717, 1.165) is 36.1 Å². The zero-order valence-electron chi connectivity index (χ0n) is 13.8. The first-order chi connectivity index (χ1) is 12.1. The third kappa shape index (κ3) is 3.99. The number of thiophene rings is 1. The van der Waals surface area contributed by atoms with E-state index in [0.29, 0.717) is 16.3 Å². The van der Waals surface area contributed by atoms with Crippen molar-refractivity contribution in [2.75, 3.05) is 19.0 Å². The molecule has 0 fully saturated rings. The molecular weight excluding hydrogens is 345 g/mol. The third-order valence-corrected chi connectivity index (χ3v) is 5.20. The number of fused-ring (bicyclic) bond motifs is 1. The maximum Gasteiger partial charge on any atom is 0.341 e. The number of nitrogens with one attached hydrogen (secondary N) is 1. The lowest BCUT2D eigenvalue weighted by atomic mass is 9.95. The number of benzene rings is 1. The number of ether oxygens (including phenoxy) is 2. The van der Waals surface area contributed by atoms with Crippen molar-refractivity contribution in [1.29, 1.82) is 0 Å². The third-order valence-electron chi connectivity index (χ3n) is 4.00. The molecule has 1 aliphatic carbocycles. The van der Waals surface area contributed by atoms with Crippen molar-refractivity contribution in [2.45, 2.75) is 25.7 Å². The Labute approximate surface area is 148 Å². The second-order valence-corrected chi connectivity index (χ2v) is 6.80. The molecule has 0 bridgehead atoms. The van der Waals surface area contributed by atoms with Crippen LogP contribution in [0, 0.1) is 5.82 Å². The average Bonchev–Trinajstić information content (AvgIpc) is 2.98. The van der Waals surface area contributed by atoms with Gasteiger partial charge in [0.05, 0.1) is 12.7 Å². The van der Waals surface area contributed by atoms with Crippen molar-refractivity contribution >= 4 is 28.2 Å². The largest absolute Gasteiger partial charge is 0.484 e. The number of hydrogen-bond acceptors (Lipinski definition) is 5. The van der Waals surface area contributed by atoms with Crippen LogP contribution in [-0.2, 0) is 22.4 Å². The summed E-state index contributed by atoms with van der Waals surface area (Å²) in [5.74, 6) is -0.791. The molecule has 0 spiro atoms. The summed E-state index contributed by atoms with van der Waals surface area (Å²) in [6.45, 7) is -0.227. The van der Waals surface area contributed by atoms with Gasteiger partial charge in [-0.15, -0.1) is 11.3 Å². The molecule has 3 rings (SSSR count). The fourth-order valence-electron chi connectivity index (χ4n) is 2.81. The standard InChI is InChI=1S/C18H18FNO4S/c1-23-18(22)16-13-4-2-3-5-14(13)25-17(16)20-15(21)10-24-12-8-6-11(19)7-9-12/h6-9H,2-5,10H2,1H3,(H,20,21). The van der Waals surface area contributed by atoms with Crippen molar-refractivity contribution in [1.82, 2.24) is 0 Å². The first-order valence-corrected chi connectivity index (χ1v) is 8.81. The molecule has 0 saturated carbocycles. The topological polar surface area (TPSA) is 64.6 Å². The van der Waals surface area contributed by atoms with E-state index in [4.69, 9.17) is 9.47 Å². The van der Waals surface area contributed by atoms with Crippen molar-refractivity contribution in [3.63, 3.8) is 0 Å². The summed E-state index contributed by atoms with van der Waals surface area (Å²) in [6, 6.07) is 5.42. The van der Waals surface area contributed by atoms with Crippen LogP contribution in [0.1, 0.15) is 33.6 Å². The molecule has 25 heavy (non-hydrogen) atoms. The van der Waals surface area contributed by atoms with Crippen LogP contribution in [0.3, 0.4) is 0 Å². The molecule has 0 atom stereocenters. The maximum absolute atomic E-state index is 12.9. The van der Waals surface area contributed by atoms with Crippen LogP contribution in [0.5, 0.6) is 5.75 Å².